The number of carbonyl (C=O) groups is 1. The van der Waals surface area contributed by atoms with Crippen molar-refractivity contribution in [2.24, 2.45) is 0 Å². The second-order valence-corrected chi connectivity index (χ2v) is 6.48. The molecule has 0 saturated heterocycles. The second kappa shape index (κ2) is 9.21. The fourth-order valence-electron chi connectivity index (χ4n) is 3.12. The molecule has 0 saturated carbocycles. The van der Waals surface area contributed by atoms with Gasteiger partial charge < -0.3 is 20.5 Å². The van der Waals surface area contributed by atoms with Gasteiger partial charge in [-0.3, -0.25) is 0 Å². The number of halogens is 1. The third-order valence-corrected chi connectivity index (χ3v) is 4.45. The van der Waals surface area contributed by atoms with E-state index in [0.29, 0.717) is 11.2 Å². The summed E-state index contributed by atoms with van der Waals surface area (Å²) >= 11 is 0. The van der Waals surface area contributed by atoms with Crippen molar-refractivity contribution in [3.63, 3.8) is 0 Å². The molecule has 1 atom stereocenters. The lowest BCUT2D eigenvalue weighted by atomic mass is 10.0. The standard InChI is InChI=1S/C21H21FN6O3/c1-4-30-18-16(21(29)31-5-2)13-8-12(22)6-7-15(13)28-17(18)11(3)27-20-14(9-23)19(24)25-10-26-20/h6-8,10-11H,4-5H2,1-3H3,(H3,24,25,26,27). The lowest BCUT2D eigenvalue weighted by Gasteiger charge is -2.21. The van der Waals surface area contributed by atoms with E-state index in [-0.39, 0.29) is 47.1 Å². The van der Waals surface area contributed by atoms with E-state index in [1.807, 2.05) is 6.07 Å². The van der Waals surface area contributed by atoms with E-state index in [9.17, 15) is 14.4 Å². The third kappa shape index (κ3) is 4.30. The molecule has 3 N–H and O–H groups in total. The predicted molar refractivity (Wildman–Crippen MR) is 112 cm³/mol. The molecule has 1 unspecified atom stereocenters. The van der Waals surface area contributed by atoms with Gasteiger partial charge in [-0.2, -0.15) is 5.26 Å². The maximum Gasteiger partial charge on any atom is 0.342 e. The van der Waals surface area contributed by atoms with Gasteiger partial charge in [0.1, 0.15) is 46.7 Å². The van der Waals surface area contributed by atoms with Crippen LogP contribution in [0.15, 0.2) is 24.5 Å². The number of ether oxygens (including phenoxy) is 2. The van der Waals surface area contributed by atoms with Crippen LogP contribution >= 0.6 is 0 Å². The Balaban J connectivity index is 2.20. The van der Waals surface area contributed by atoms with Gasteiger partial charge >= 0.3 is 5.97 Å². The molecule has 3 rings (SSSR count). The maximum absolute atomic E-state index is 14.0. The Morgan fingerprint density at radius 2 is 2.10 bits per heavy atom. The van der Waals surface area contributed by atoms with Crippen LogP contribution in [0.25, 0.3) is 10.9 Å². The highest BCUT2D eigenvalue weighted by Gasteiger charge is 2.27. The molecule has 2 heterocycles. The number of nitriles is 1. The highest BCUT2D eigenvalue weighted by atomic mass is 19.1. The van der Waals surface area contributed by atoms with Crippen molar-refractivity contribution in [3.8, 4) is 11.8 Å². The van der Waals surface area contributed by atoms with Gasteiger partial charge in [0.15, 0.2) is 5.75 Å². The van der Waals surface area contributed by atoms with Crippen LogP contribution < -0.4 is 15.8 Å². The number of hydrogen-bond acceptors (Lipinski definition) is 9. The first-order chi connectivity index (χ1) is 14.9. The Bertz CT molecular complexity index is 1180. The van der Waals surface area contributed by atoms with Gasteiger partial charge in [-0.1, -0.05) is 0 Å². The van der Waals surface area contributed by atoms with E-state index >= 15 is 0 Å². The number of rotatable bonds is 7. The van der Waals surface area contributed by atoms with Gasteiger partial charge in [0.2, 0.25) is 0 Å². The summed E-state index contributed by atoms with van der Waals surface area (Å²) in [6.45, 7) is 5.56. The molecule has 0 fully saturated rings. The first kappa shape index (κ1) is 21.7. The predicted octanol–water partition coefficient (Wildman–Crippen LogP) is 3.37. The molecule has 9 nitrogen and oxygen atoms in total. The van der Waals surface area contributed by atoms with E-state index in [1.54, 1.807) is 20.8 Å². The topological polar surface area (TPSA) is 136 Å². The number of anilines is 2. The highest BCUT2D eigenvalue weighted by molar-refractivity contribution is 6.06. The zero-order chi connectivity index (χ0) is 22.5. The third-order valence-electron chi connectivity index (χ3n) is 4.45. The van der Waals surface area contributed by atoms with Crippen LogP contribution in [-0.4, -0.2) is 34.1 Å². The first-order valence-electron chi connectivity index (χ1n) is 9.61. The van der Waals surface area contributed by atoms with E-state index in [1.165, 1.54) is 24.5 Å². The molecule has 0 spiro atoms. The van der Waals surface area contributed by atoms with Crippen LogP contribution in [0.2, 0.25) is 0 Å². The number of aromatic nitrogens is 3. The molecule has 0 bridgehead atoms. The van der Waals surface area contributed by atoms with Gasteiger partial charge in [0, 0.05) is 5.39 Å². The summed E-state index contributed by atoms with van der Waals surface area (Å²) in [7, 11) is 0. The van der Waals surface area contributed by atoms with Crippen molar-refractivity contribution in [2.75, 3.05) is 24.3 Å². The van der Waals surface area contributed by atoms with Crippen molar-refractivity contribution in [2.45, 2.75) is 26.8 Å². The minimum absolute atomic E-state index is 0.0337. The average Bonchev–Trinajstić information content (AvgIpc) is 2.73. The summed E-state index contributed by atoms with van der Waals surface area (Å²) in [6.07, 6.45) is 1.23. The van der Waals surface area contributed by atoms with Crippen LogP contribution in [0, 0.1) is 17.1 Å². The lowest BCUT2D eigenvalue weighted by Crippen LogP contribution is -2.17. The highest BCUT2D eigenvalue weighted by Crippen LogP contribution is 2.36. The average molecular weight is 424 g/mol. The molecule has 10 heteroatoms. The number of nitrogens with zero attached hydrogens (tertiary/aromatic N) is 4. The van der Waals surface area contributed by atoms with Crippen LogP contribution in [0.4, 0.5) is 16.0 Å². The van der Waals surface area contributed by atoms with Crippen molar-refractivity contribution in [1.82, 2.24) is 15.0 Å². The van der Waals surface area contributed by atoms with Gasteiger partial charge in [-0.25, -0.2) is 24.1 Å². The maximum atomic E-state index is 14.0. The number of fused-ring (bicyclic) bond motifs is 1. The zero-order valence-electron chi connectivity index (χ0n) is 17.3. The summed E-state index contributed by atoms with van der Waals surface area (Å²) in [5.74, 6) is -0.757. The Morgan fingerprint density at radius 1 is 1.32 bits per heavy atom. The van der Waals surface area contributed by atoms with Gasteiger partial charge in [0.25, 0.3) is 0 Å². The number of benzene rings is 1. The van der Waals surface area contributed by atoms with Crippen LogP contribution in [-0.2, 0) is 4.74 Å². The van der Waals surface area contributed by atoms with E-state index in [2.05, 4.69) is 20.3 Å². The van der Waals surface area contributed by atoms with Gasteiger partial charge in [-0.15, -0.1) is 0 Å². The van der Waals surface area contributed by atoms with Crippen molar-refractivity contribution in [3.05, 3.63) is 47.2 Å². The monoisotopic (exact) mass is 424 g/mol. The summed E-state index contributed by atoms with van der Waals surface area (Å²) in [5.41, 5.74) is 6.68. The smallest absolute Gasteiger partial charge is 0.342 e. The summed E-state index contributed by atoms with van der Waals surface area (Å²) < 4.78 is 24.9. The largest absolute Gasteiger partial charge is 0.491 e. The first-order valence-corrected chi connectivity index (χ1v) is 9.61. The summed E-state index contributed by atoms with van der Waals surface area (Å²) in [6, 6.07) is 5.35. The molecule has 0 aliphatic rings. The van der Waals surface area contributed by atoms with Gasteiger partial charge in [0.05, 0.1) is 24.8 Å². The van der Waals surface area contributed by atoms with Gasteiger partial charge in [-0.05, 0) is 39.0 Å². The molecule has 31 heavy (non-hydrogen) atoms. The lowest BCUT2D eigenvalue weighted by molar-refractivity contribution is 0.0524. The molecule has 160 valence electrons. The van der Waals surface area contributed by atoms with Crippen molar-refractivity contribution in [1.29, 1.82) is 5.26 Å². The Kier molecular flexibility index (Phi) is 6.45. The minimum atomic E-state index is -0.651. The molecular formula is C21H21FN6O3. The normalized spacial score (nSPS) is 11.6. The quantitative estimate of drug-likeness (QED) is 0.547. The number of carbonyl (C=O) groups excluding carboxylic acids is 1. The fraction of sp³-hybridized carbons (Fsp3) is 0.286. The molecule has 0 amide bonds. The Hall–Kier alpha value is -4.00. The SMILES string of the molecule is CCOC(=O)c1c(OCC)c(C(C)Nc2ncnc(N)c2C#N)nc2ccc(F)cc12. The number of esters is 1. The number of nitrogen functional groups attached to an aromatic ring is 1. The molecular weight excluding hydrogens is 403 g/mol. The summed E-state index contributed by atoms with van der Waals surface area (Å²) in [4.78, 5) is 25.3. The Morgan fingerprint density at radius 3 is 2.77 bits per heavy atom. The number of pyridine rings is 1. The molecule has 0 aliphatic carbocycles. The van der Waals surface area contributed by atoms with E-state index < -0.39 is 17.8 Å². The molecule has 2 aromatic heterocycles. The second-order valence-electron chi connectivity index (χ2n) is 6.48. The Labute approximate surface area is 178 Å². The molecule has 3 aromatic rings. The molecule has 1 aromatic carbocycles. The minimum Gasteiger partial charge on any atom is -0.491 e. The van der Waals surface area contributed by atoms with E-state index in [4.69, 9.17) is 15.2 Å². The molecule has 0 aliphatic heterocycles. The van der Waals surface area contributed by atoms with Crippen LogP contribution in [0.3, 0.4) is 0 Å². The fourth-order valence-corrected chi connectivity index (χ4v) is 3.12. The summed E-state index contributed by atoms with van der Waals surface area (Å²) in [5, 5.41) is 12.7. The van der Waals surface area contributed by atoms with Crippen LogP contribution in [0.1, 0.15) is 48.4 Å². The zero-order valence-corrected chi connectivity index (χ0v) is 17.3. The van der Waals surface area contributed by atoms with Crippen molar-refractivity contribution < 1.29 is 18.7 Å². The van der Waals surface area contributed by atoms with E-state index in [0.717, 1.165) is 0 Å². The number of nitrogens with two attached hydrogens (primary N) is 1. The number of nitrogens with one attached hydrogen (secondary N) is 1. The van der Waals surface area contributed by atoms with Crippen LogP contribution in [0.5, 0.6) is 5.75 Å². The number of hydrogen-bond donors (Lipinski definition) is 2. The molecule has 0 radical (unpaired) electrons. The van der Waals surface area contributed by atoms with Crippen molar-refractivity contribution >= 4 is 28.5 Å².